The van der Waals surface area contributed by atoms with E-state index in [9.17, 15) is 5.11 Å². The third kappa shape index (κ3) is 1.49. The molecule has 3 heteroatoms. The first-order valence-electron chi connectivity index (χ1n) is 4.95. The number of benzene rings is 1. The third-order valence-corrected chi connectivity index (χ3v) is 2.70. The molecule has 2 aromatic rings. The third-order valence-electron chi connectivity index (χ3n) is 2.70. The van der Waals surface area contributed by atoms with E-state index in [0.29, 0.717) is 0 Å². The Kier molecular flexibility index (Phi) is 2.40. The molecule has 80 valence electrons. The number of aliphatic hydroxyl groups is 1. The van der Waals surface area contributed by atoms with Gasteiger partial charge in [0.25, 0.3) is 0 Å². The van der Waals surface area contributed by atoms with Gasteiger partial charge in [0.05, 0.1) is 18.7 Å². The van der Waals surface area contributed by atoms with Crippen LogP contribution >= 0.6 is 0 Å². The summed E-state index contributed by atoms with van der Waals surface area (Å²) in [4.78, 5) is 0. The van der Waals surface area contributed by atoms with Crippen LogP contribution in [-0.4, -0.2) is 16.8 Å². The molecule has 0 radical (unpaired) electrons. The SMILES string of the molecule is COc1ccc(C(C)O)c2ccn(C)c12. The Morgan fingerprint density at radius 2 is 2.07 bits per heavy atom. The number of rotatable bonds is 2. The van der Waals surface area contributed by atoms with E-state index in [2.05, 4.69) is 0 Å². The fourth-order valence-corrected chi connectivity index (χ4v) is 1.93. The van der Waals surface area contributed by atoms with Gasteiger partial charge in [0.15, 0.2) is 0 Å². The molecule has 2 rings (SSSR count). The summed E-state index contributed by atoms with van der Waals surface area (Å²) in [6.45, 7) is 1.77. The van der Waals surface area contributed by atoms with Gasteiger partial charge in [-0.2, -0.15) is 0 Å². The lowest BCUT2D eigenvalue weighted by Crippen LogP contribution is -1.95. The number of hydrogen-bond donors (Lipinski definition) is 1. The molecule has 0 aliphatic carbocycles. The van der Waals surface area contributed by atoms with Gasteiger partial charge in [-0.15, -0.1) is 0 Å². The highest BCUT2D eigenvalue weighted by Gasteiger charge is 2.12. The molecular weight excluding hydrogens is 190 g/mol. The molecular formula is C12H15NO2. The standard InChI is InChI=1S/C12H15NO2/c1-8(14)9-4-5-11(15-3)12-10(9)6-7-13(12)2/h4-8,14H,1-3H3. The molecule has 1 N–H and O–H groups in total. The Labute approximate surface area is 88.9 Å². The van der Waals surface area contributed by atoms with Crippen molar-refractivity contribution in [2.75, 3.05) is 7.11 Å². The predicted octanol–water partition coefficient (Wildman–Crippen LogP) is 2.24. The van der Waals surface area contributed by atoms with E-state index >= 15 is 0 Å². The first kappa shape index (κ1) is 10.1. The van der Waals surface area contributed by atoms with Crippen LogP contribution in [0.5, 0.6) is 5.75 Å². The molecule has 0 fully saturated rings. The van der Waals surface area contributed by atoms with Crippen LogP contribution < -0.4 is 4.74 Å². The van der Waals surface area contributed by atoms with E-state index in [0.717, 1.165) is 22.2 Å². The number of aromatic nitrogens is 1. The van der Waals surface area contributed by atoms with Crippen LogP contribution in [-0.2, 0) is 7.05 Å². The molecule has 0 bridgehead atoms. The molecule has 3 nitrogen and oxygen atoms in total. The molecule has 1 aromatic heterocycles. The zero-order valence-electron chi connectivity index (χ0n) is 9.19. The van der Waals surface area contributed by atoms with Gasteiger partial charge < -0.3 is 14.4 Å². The number of hydrogen-bond acceptors (Lipinski definition) is 2. The molecule has 1 unspecified atom stereocenters. The summed E-state index contributed by atoms with van der Waals surface area (Å²) in [5, 5.41) is 10.7. The van der Waals surface area contributed by atoms with Crippen molar-refractivity contribution in [1.82, 2.24) is 4.57 Å². The highest BCUT2D eigenvalue weighted by atomic mass is 16.5. The van der Waals surface area contributed by atoms with E-state index in [1.165, 1.54) is 0 Å². The van der Waals surface area contributed by atoms with Crippen LogP contribution in [0.15, 0.2) is 24.4 Å². The molecule has 15 heavy (non-hydrogen) atoms. The molecule has 1 atom stereocenters. The van der Waals surface area contributed by atoms with Gasteiger partial charge in [-0.1, -0.05) is 6.07 Å². The van der Waals surface area contributed by atoms with Gasteiger partial charge in [-0.05, 0) is 24.6 Å². The Morgan fingerprint density at radius 1 is 1.33 bits per heavy atom. The molecule has 0 amide bonds. The van der Waals surface area contributed by atoms with Crippen molar-refractivity contribution in [3.63, 3.8) is 0 Å². The second-order valence-corrected chi connectivity index (χ2v) is 3.72. The Balaban J connectivity index is 2.79. The van der Waals surface area contributed by atoms with E-state index in [-0.39, 0.29) is 0 Å². The first-order valence-corrected chi connectivity index (χ1v) is 4.95. The minimum Gasteiger partial charge on any atom is -0.495 e. The normalized spacial score (nSPS) is 13.1. The summed E-state index contributed by atoms with van der Waals surface area (Å²) in [5.41, 5.74) is 1.96. The highest BCUT2D eigenvalue weighted by Crippen LogP contribution is 2.31. The number of ether oxygens (including phenoxy) is 1. The average molecular weight is 205 g/mol. The lowest BCUT2D eigenvalue weighted by Gasteiger charge is -2.10. The minimum absolute atomic E-state index is 0.458. The van der Waals surface area contributed by atoms with Crippen LogP contribution in [0, 0.1) is 0 Å². The molecule has 0 saturated carbocycles. The van der Waals surface area contributed by atoms with Gasteiger partial charge in [0.2, 0.25) is 0 Å². The number of aliphatic hydroxyl groups excluding tert-OH is 1. The number of aryl methyl sites for hydroxylation is 1. The maximum atomic E-state index is 9.64. The molecule has 1 heterocycles. The summed E-state index contributed by atoms with van der Waals surface area (Å²) in [5.74, 6) is 0.835. The van der Waals surface area contributed by atoms with E-state index in [1.54, 1.807) is 14.0 Å². The van der Waals surface area contributed by atoms with Crippen molar-refractivity contribution in [2.24, 2.45) is 7.05 Å². The molecule has 0 aliphatic rings. The minimum atomic E-state index is -0.458. The maximum Gasteiger partial charge on any atom is 0.143 e. The van der Waals surface area contributed by atoms with E-state index < -0.39 is 6.10 Å². The van der Waals surface area contributed by atoms with Crippen molar-refractivity contribution in [2.45, 2.75) is 13.0 Å². The summed E-state index contributed by atoms with van der Waals surface area (Å²) < 4.78 is 7.30. The second-order valence-electron chi connectivity index (χ2n) is 3.72. The summed E-state index contributed by atoms with van der Waals surface area (Å²) in [6, 6.07) is 5.80. The van der Waals surface area contributed by atoms with Crippen molar-refractivity contribution in [3.8, 4) is 5.75 Å². The Hall–Kier alpha value is -1.48. The van der Waals surface area contributed by atoms with Crippen LogP contribution in [0.1, 0.15) is 18.6 Å². The quantitative estimate of drug-likeness (QED) is 0.815. The van der Waals surface area contributed by atoms with Gasteiger partial charge in [-0.3, -0.25) is 0 Å². The van der Waals surface area contributed by atoms with Crippen molar-refractivity contribution >= 4 is 10.9 Å². The van der Waals surface area contributed by atoms with Crippen LogP contribution in [0.25, 0.3) is 10.9 Å². The largest absolute Gasteiger partial charge is 0.495 e. The number of fused-ring (bicyclic) bond motifs is 1. The predicted molar refractivity (Wildman–Crippen MR) is 60.1 cm³/mol. The first-order chi connectivity index (χ1) is 7.15. The lowest BCUT2D eigenvalue weighted by atomic mass is 10.1. The Morgan fingerprint density at radius 3 is 2.67 bits per heavy atom. The zero-order valence-corrected chi connectivity index (χ0v) is 9.19. The van der Waals surface area contributed by atoms with Gasteiger partial charge >= 0.3 is 0 Å². The van der Waals surface area contributed by atoms with Crippen LogP contribution in [0.4, 0.5) is 0 Å². The number of nitrogens with zero attached hydrogens (tertiary/aromatic N) is 1. The van der Waals surface area contributed by atoms with Crippen molar-refractivity contribution in [1.29, 1.82) is 0 Å². The summed E-state index contributed by atoms with van der Waals surface area (Å²) in [6.07, 6.45) is 1.51. The van der Waals surface area contributed by atoms with Crippen molar-refractivity contribution in [3.05, 3.63) is 30.0 Å². The molecule has 0 saturated heterocycles. The fraction of sp³-hybridized carbons (Fsp3) is 0.333. The number of methoxy groups -OCH3 is 1. The second kappa shape index (κ2) is 3.59. The van der Waals surface area contributed by atoms with Gasteiger partial charge in [-0.25, -0.2) is 0 Å². The monoisotopic (exact) mass is 205 g/mol. The van der Waals surface area contributed by atoms with Crippen LogP contribution in [0.2, 0.25) is 0 Å². The summed E-state index contributed by atoms with van der Waals surface area (Å²) in [7, 11) is 3.63. The molecule has 0 aliphatic heterocycles. The smallest absolute Gasteiger partial charge is 0.143 e. The molecule has 1 aromatic carbocycles. The van der Waals surface area contributed by atoms with Gasteiger partial charge in [0, 0.05) is 18.6 Å². The van der Waals surface area contributed by atoms with Gasteiger partial charge in [0.1, 0.15) is 5.75 Å². The Bertz CT molecular complexity index is 486. The maximum absolute atomic E-state index is 9.64. The van der Waals surface area contributed by atoms with E-state index in [4.69, 9.17) is 4.74 Å². The molecule has 0 spiro atoms. The average Bonchev–Trinajstić information content (AvgIpc) is 2.60. The lowest BCUT2D eigenvalue weighted by molar-refractivity contribution is 0.201. The van der Waals surface area contributed by atoms with E-state index in [1.807, 2.05) is 36.0 Å². The highest BCUT2D eigenvalue weighted by molar-refractivity contribution is 5.89. The van der Waals surface area contributed by atoms with Crippen LogP contribution in [0.3, 0.4) is 0 Å². The topological polar surface area (TPSA) is 34.4 Å². The summed E-state index contributed by atoms with van der Waals surface area (Å²) >= 11 is 0. The fourth-order valence-electron chi connectivity index (χ4n) is 1.93. The zero-order chi connectivity index (χ0) is 11.0. The van der Waals surface area contributed by atoms with Crippen molar-refractivity contribution < 1.29 is 9.84 Å².